The Labute approximate surface area is 115 Å². The summed E-state index contributed by atoms with van der Waals surface area (Å²) in [6.07, 6.45) is 3.48. The Kier molecular flexibility index (Phi) is 2.97. The molecular formula is C12H17N5OS. The van der Waals surface area contributed by atoms with Gasteiger partial charge in [0.25, 0.3) is 0 Å². The average Bonchev–Trinajstić information content (AvgIpc) is 3.15. The van der Waals surface area contributed by atoms with Crippen LogP contribution in [0.3, 0.4) is 0 Å². The summed E-state index contributed by atoms with van der Waals surface area (Å²) in [5.74, 6) is 1.86. The maximum atomic E-state index is 5.44. The summed E-state index contributed by atoms with van der Waals surface area (Å²) in [7, 11) is 0. The fourth-order valence-corrected chi connectivity index (χ4v) is 3.85. The minimum absolute atomic E-state index is 0.356. The molecule has 0 bridgehead atoms. The highest BCUT2D eigenvalue weighted by Gasteiger charge is 2.26. The second-order valence-corrected chi connectivity index (χ2v) is 6.28. The van der Waals surface area contributed by atoms with E-state index in [4.69, 9.17) is 9.84 Å². The lowest BCUT2D eigenvalue weighted by Crippen LogP contribution is -2.28. The molecule has 2 fully saturated rings. The molecule has 0 spiro atoms. The zero-order chi connectivity index (χ0) is 12.7. The van der Waals surface area contributed by atoms with Crippen molar-refractivity contribution in [3.8, 4) is 0 Å². The normalized spacial score (nSPS) is 28.2. The van der Waals surface area contributed by atoms with E-state index in [-0.39, 0.29) is 0 Å². The first-order chi connectivity index (χ1) is 9.42. The van der Waals surface area contributed by atoms with Gasteiger partial charge in [0.15, 0.2) is 5.82 Å². The summed E-state index contributed by atoms with van der Waals surface area (Å²) in [6.45, 7) is 3.74. The summed E-state index contributed by atoms with van der Waals surface area (Å²) in [5, 5.41) is 17.9. The van der Waals surface area contributed by atoms with E-state index in [1.807, 2.05) is 4.52 Å². The van der Waals surface area contributed by atoms with Gasteiger partial charge in [0.2, 0.25) is 4.96 Å². The number of fused-ring (bicyclic) bond motifs is 1. The van der Waals surface area contributed by atoms with Gasteiger partial charge in [-0.2, -0.15) is 9.61 Å². The lowest BCUT2D eigenvalue weighted by Gasteiger charge is -2.19. The van der Waals surface area contributed by atoms with Crippen molar-refractivity contribution in [1.82, 2.24) is 25.1 Å². The molecule has 7 heteroatoms. The van der Waals surface area contributed by atoms with Crippen molar-refractivity contribution < 1.29 is 4.74 Å². The lowest BCUT2D eigenvalue weighted by atomic mass is 10.0. The molecule has 4 heterocycles. The quantitative estimate of drug-likeness (QED) is 0.893. The first kappa shape index (κ1) is 11.7. The molecule has 2 aromatic heterocycles. The molecule has 2 saturated heterocycles. The van der Waals surface area contributed by atoms with Gasteiger partial charge in [-0.3, -0.25) is 0 Å². The highest BCUT2D eigenvalue weighted by atomic mass is 32.1. The number of hydrogen-bond acceptors (Lipinski definition) is 6. The maximum absolute atomic E-state index is 5.44. The zero-order valence-electron chi connectivity index (χ0n) is 10.7. The molecule has 0 amide bonds. The number of nitrogens with one attached hydrogen (secondary N) is 1. The van der Waals surface area contributed by atoms with Gasteiger partial charge in [-0.1, -0.05) is 11.3 Å². The van der Waals surface area contributed by atoms with Crippen molar-refractivity contribution in [3.63, 3.8) is 0 Å². The molecule has 2 atom stereocenters. The van der Waals surface area contributed by atoms with Gasteiger partial charge in [0.05, 0.1) is 6.61 Å². The Morgan fingerprint density at radius 2 is 2.26 bits per heavy atom. The Balaban J connectivity index is 1.67. The van der Waals surface area contributed by atoms with Crippen LogP contribution in [0.4, 0.5) is 0 Å². The van der Waals surface area contributed by atoms with Crippen LogP contribution in [-0.4, -0.2) is 46.1 Å². The molecule has 2 aliphatic heterocycles. The summed E-state index contributed by atoms with van der Waals surface area (Å²) >= 11 is 1.68. The van der Waals surface area contributed by atoms with Gasteiger partial charge < -0.3 is 10.1 Å². The predicted octanol–water partition coefficient (Wildman–Crippen LogP) is 1.16. The second kappa shape index (κ2) is 4.81. The van der Waals surface area contributed by atoms with Crippen LogP contribution >= 0.6 is 11.3 Å². The number of piperidine rings is 1. The van der Waals surface area contributed by atoms with Crippen LogP contribution in [0.5, 0.6) is 0 Å². The minimum atomic E-state index is 0.356. The summed E-state index contributed by atoms with van der Waals surface area (Å²) in [6, 6.07) is 0. The minimum Gasteiger partial charge on any atom is -0.381 e. The van der Waals surface area contributed by atoms with E-state index >= 15 is 0 Å². The largest absolute Gasteiger partial charge is 0.381 e. The fraction of sp³-hybridized carbons (Fsp3) is 0.750. The van der Waals surface area contributed by atoms with Gasteiger partial charge in [0.1, 0.15) is 5.01 Å². The summed E-state index contributed by atoms with van der Waals surface area (Å²) < 4.78 is 7.38. The molecule has 2 aromatic rings. The highest BCUT2D eigenvalue weighted by molar-refractivity contribution is 7.16. The van der Waals surface area contributed by atoms with E-state index < -0.39 is 0 Å². The maximum Gasteiger partial charge on any atom is 0.234 e. The molecule has 102 valence electrons. The monoisotopic (exact) mass is 279 g/mol. The molecule has 1 N–H and O–H groups in total. The van der Waals surface area contributed by atoms with E-state index in [2.05, 4.69) is 15.5 Å². The third-order valence-corrected chi connectivity index (χ3v) is 5.03. The Morgan fingerprint density at radius 3 is 3.05 bits per heavy atom. The molecule has 6 nitrogen and oxygen atoms in total. The molecular weight excluding hydrogens is 262 g/mol. The zero-order valence-corrected chi connectivity index (χ0v) is 11.5. The Bertz CT molecular complexity index is 568. The van der Waals surface area contributed by atoms with E-state index in [1.54, 1.807) is 11.3 Å². The first-order valence-corrected chi connectivity index (χ1v) is 7.74. The molecule has 0 aliphatic carbocycles. The number of rotatable bonds is 2. The van der Waals surface area contributed by atoms with Crippen LogP contribution in [0.2, 0.25) is 0 Å². The number of hydrogen-bond donors (Lipinski definition) is 1. The first-order valence-electron chi connectivity index (χ1n) is 6.92. The number of ether oxygens (including phenoxy) is 1. The SMILES string of the molecule is C1CNCC(c2nn3c(C4CCOC4)nnc3s2)C1. The van der Waals surface area contributed by atoms with Crippen molar-refractivity contribution in [2.45, 2.75) is 31.1 Å². The highest BCUT2D eigenvalue weighted by Crippen LogP contribution is 2.30. The predicted molar refractivity (Wildman–Crippen MR) is 71.7 cm³/mol. The number of aromatic nitrogens is 4. The van der Waals surface area contributed by atoms with E-state index in [9.17, 15) is 0 Å². The molecule has 19 heavy (non-hydrogen) atoms. The topological polar surface area (TPSA) is 64.3 Å². The lowest BCUT2D eigenvalue weighted by molar-refractivity contribution is 0.193. The molecule has 2 unspecified atom stereocenters. The van der Waals surface area contributed by atoms with Crippen LogP contribution in [0.15, 0.2) is 0 Å². The fourth-order valence-electron chi connectivity index (χ4n) is 2.87. The second-order valence-electron chi connectivity index (χ2n) is 5.30. The van der Waals surface area contributed by atoms with Crippen molar-refractivity contribution in [3.05, 3.63) is 10.8 Å². The van der Waals surface area contributed by atoms with Crippen molar-refractivity contribution in [2.24, 2.45) is 0 Å². The van der Waals surface area contributed by atoms with Gasteiger partial charge in [0, 0.05) is 25.0 Å². The molecule has 0 saturated carbocycles. The van der Waals surface area contributed by atoms with E-state index in [1.165, 1.54) is 17.8 Å². The summed E-state index contributed by atoms with van der Waals surface area (Å²) in [4.78, 5) is 0.919. The van der Waals surface area contributed by atoms with Crippen LogP contribution in [0.1, 0.15) is 41.9 Å². The average molecular weight is 279 g/mol. The van der Waals surface area contributed by atoms with Crippen molar-refractivity contribution in [1.29, 1.82) is 0 Å². The van der Waals surface area contributed by atoms with Gasteiger partial charge >= 0.3 is 0 Å². The van der Waals surface area contributed by atoms with Crippen LogP contribution in [0, 0.1) is 0 Å². The van der Waals surface area contributed by atoms with Crippen molar-refractivity contribution in [2.75, 3.05) is 26.3 Å². The van der Waals surface area contributed by atoms with E-state index in [0.717, 1.165) is 43.5 Å². The smallest absolute Gasteiger partial charge is 0.234 e. The van der Waals surface area contributed by atoms with Gasteiger partial charge in [-0.05, 0) is 25.8 Å². The summed E-state index contributed by atoms with van der Waals surface area (Å²) in [5.41, 5.74) is 0. The van der Waals surface area contributed by atoms with Crippen LogP contribution in [0.25, 0.3) is 4.96 Å². The van der Waals surface area contributed by atoms with Crippen LogP contribution in [-0.2, 0) is 4.74 Å². The molecule has 0 radical (unpaired) electrons. The Morgan fingerprint density at radius 1 is 1.26 bits per heavy atom. The van der Waals surface area contributed by atoms with Crippen LogP contribution < -0.4 is 5.32 Å². The van der Waals surface area contributed by atoms with Crippen molar-refractivity contribution >= 4 is 16.3 Å². The number of nitrogens with zero attached hydrogens (tertiary/aromatic N) is 4. The molecule has 0 aromatic carbocycles. The third-order valence-electron chi connectivity index (χ3n) is 3.97. The molecule has 2 aliphatic rings. The standard InChI is InChI=1S/C12H17N5OS/c1-2-8(6-13-4-1)11-16-17-10(9-3-5-18-7-9)14-15-12(17)19-11/h8-9,13H,1-7H2. The van der Waals surface area contributed by atoms with Gasteiger partial charge in [-0.25, -0.2) is 0 Å². The molecule has 4 rings (SSSR count). The third kappa shape index (κ3) is 2.05. The Hall–Kier alpha value is -1.05. The van der Waals surface area contributed by atoms with E-state index in [0.29, 0.717) is 11.8 Å². The van der Waals surface area contributed by atoms with Gasteiger partial charge in [-0.15, -0.1) is 10.2 Å².